The molecular weight excluding hydrogens is 468 g/mol. The van der Waals surface area contributed by atoms with Crippen molar-refractivity contribution in [1.29, 1.82) is 0 Å². The Bertz CT molecular complexity index is 1870. The highest BCUT2D eigenvalue weighted by Crippen LogP contribution is 2.41. The number of aliphatic hydroxyl groups is 1. The summed E-state index contributed by atoms with van der Waals surface area (Å²) in [5, 5.41) is 15.7. The highest BCUT2D eigenvalue weighted by Gasteiger charge is 2.25. The molecule has 0 saturated carbocycles. The Morgan fingerprint density at radius 2 is 1.86 bits per heavy atom. The number of fused-ring (bicyclic) bond motifs is 4. The maximum Gasteiger partial charge on any atom is 0.329 e. The molecule has 6 aromatic rings. The summed E-state index contributed by atoms with van der Waals surface area (Å²) in [5.41, 5.74) is 6.86. The smallest absolute Gasteiger partial charge is 0.329 e. The van der Waals surface area contributed by atoms with Crippen molar-refractivity contribution in [3.05, 3.63) is 59.4 Å². The van der Waals surface area contributed by atoms with Crippen molar-refractivity contribution >= 4 is 27.6 Å². The van der Waals surface area contributed by atoms with Gasteiger partial charge in [-0.25, -0.2) is 9.78 Å². The number of aromatic nitrogens is 8. The molecule has 6 rings (SSSR count). The van der Waals surface area contributed by atoms with E-state index in [1.54, 1.807) is 42.5 Å². The maximum absolute atomic E-state index is 13.3. The summed E-state index contributed by atoms with van der Waals surface area (Å²) >= 11 is 0. The van der Waals surface area contributed by atoms with Crippen molar-refractivity contribution in [3.63, 3.8) is 0 Å². The molecule has 0 bridgehead atoms. The van der Waals surface area contributed by atoms with Crippen LogP contribution >= 0.6 is 0 Å². The Hall–Kier alpha value is -4.18. The second kappa shape index (κ2) is 7.91. The van der Waals surface area contributed by atoms with E-state index in [9.17, 15) is 9.90 Å². The summed E-state index contributed by atoms with van der Waals surface area (Å²) < 4.78 is 7.29. The lowest BCUT2D eigenvalue weighted by molar-refractivity contribution is 0.0577. The lowest BCUT2D eigenvalue weighted by atomic mass is 10.0. The van der Waals surface area contributed by atoms with Crippen LogP contribution < -0.4 is 5.69 Å². The zero-order valence-electron chi connectivity index (χ0n) is 21.8. The van der Waals surface area contributed by atoms with Gasteiger partial charge in [0.05, 0.1) is 64.1 Å². The van der Waals surface area contributed by atoms with E-state index in [0.29, 0.717) is 12.2 Å². The van der Waals surface area contributed by atoms with Gasteiger partial charge in [-0.15, -0.1) is 0 Å². The summed E-state index contributed by atoms with van der Waals surface area (Å²) in [5.74, 6) is 0. The van der Waals surface area contributed by atoms with Gasteiger partial charge in [-0.1, -0.05) is 0 Å². The van der Waals surface area contributed by atoms with Crippen LogP contribution in [-0.2, 0) is 13.6 Å². The van der Waals surface area contributed by atoms with Crippen LogP contribution in [0.25, 0.3) is 50.0 Å². The Morgan fingerprint density at radius 3 is 2.59 bits per heavy atom. The number of hydrogen-bond acceptors (Lipinski definition) is 5. The molecule has 2 N–H and O–H groups in total. The summed E-state index contributed by atoms with van der Waals surface area (Å²) in [6.07, 6.45) is 11.4. The molecule has 6 heterocycles. The van der Waals surface area contributed by atoms with Crippen molar-refractivity contribution in [2.45, 2.75) is 52.8 Å². The van der Waals surface area contributed by atoms with Crippen LogP contribution in [0.1, 0.15) is 39.4 Å². The van der Waals surface area contributed by atoms with Crippen LogP contribution in [0.3, 0.4) is 0 Å². The zero-order chi connectivity index (χ0) is 26.2. The van der Waals surface area contributed by atoms with Gasteiger partial charge in [-0.2, -0.15) is 5.10 Å². The van der Waals surface area contributed by atoms with Crippen LogP contribution in [0, 0.1) is 6.92 Å². The van der Waals surface area contributed by atoms with Crippen LogP contribution in [0.5, 0.6) is 0 Å². The largest absolute Gasteiger partial charge is 0.389 e. The van der Waals surface area contributed by atoms with Crippen LogP contribution in [0.15, 0.2) is 48.0 Å². The van der Waals surface area contributed by atoms with Gasteiger partial charge in [0.1, 0.15) is 5.65 Å². The standard InChI is InChI=1S/C27H30N8O2/c1-15(2)35-24-20(32(6)26(35)36)10-29-25-22(24)21(17-7-19-9-28-16(3)11-33(19)12-17)23(31-25)18-8-30-34(13-18)14-27(4,5)37/h7-13,15,37H,14H2,1-6H3,(H,29,31). The van der Waals surface area contributed by atoms with Gasteiger partial charge < -0.3 is 14.5 Å². The maximum atomic E-state index is 13.3. The van der Waals surface area contributed by atoms with Gasteiger partial charge in [0.2, 0.25) is 0 Å². The van der Waals surface area contributed by atoms with E-state index >= 15 is 0 Å². The third kappa shape index (κ3) is 3.67. The summed E-state index contributed by atoms with van der Waals surface area (Å²) in [6.45, 7) is 9.87. The van der Waals surface area contributed by atoms with Gasteiger partial charge in [0.15, 0.2) is 0 Å². The van der Waals surface area contributed by atoms with Gasteiger partial charge in [0.25, 0.3) is 0 Å². The number of nitrogens with zero attached hydrogens (tertiary/aromatic N) is 7. The molecule has 0 aliphatic rings. The molecule has 0 radical (unpaired) electrons. The highest BCUT2D eigenvalue weighted by atomic mass is 16.3. The first-order chi connectivity index (χ1) is 17.5. The molecule has 10 heteroatoms. The molecular formula is C27H30N8O2. The number of imidazole rings is 1. The van der Waals surface area contributed by atoms with Crippen molar-refractivity contribution in [2.75, 3.05) is 0 Å². The van der Waals surface area contributed by atoms with Crippen molar-refractivity contribution in [2.24, 2.45) is 7.05 Å². The molecule has 0 unspecified atom stereocenters. The Morgan fingerprint density at radius 1 is 1.08 bits per heavy atom. The summed E-state index contributed by atoms with van der Waals surface area (Å²) in [4.78, 5) is 26.0. The minimum atomic E-state index is -0.900. The second-order valence-corrected chi connectivity index (χ2v) is 10.7. The molecule has 10 nitrogen and oxygen atoms in total. The van der Waals surface area contributed by atoms with Gasteiger partial charge in [-0.05, 0) is 40.7 Å². The second-order valence-electron chi connectivity index (χ2n) is 10.7. The average molecular weight is 499 g/mol. The lowest BCUT2D eigenvalue weighted by Gasteiger charge is -2.16. The molecule has 6 aromatic heterocycles. The monoisotopic (exact) mass is 498 g/mol. The third-order valence-electron chi connectivity index (χ3n) is 6.75. The SMILES string of the molecule is Cc1cn2cc(-c3c(-c4cnn(CC(C)(C)O)c4)[nH]c4ncc5c(c34)n(C(C)C)c(=O)n5C)cc2cn1. The van der Waals surface area contributed by atoms with Gasteiger partial charge in [-0.3, -0.25) is 18.8 Å². The normalized spacial score (nSPS) is 12.6. The average Bonchev–Trinajstić information content (AvgIpc) is 3.56. The van der Waals surface area contributed by atoms with E-state index in [1.807, 2.05) is 43.9 Å². The fourth-order valence-corrected chi connectivity index (χ4v) is 5.19. The van der Waals surface area contributed by atoms with Crippen LogP contribution in [-0.4, -0.2) is 49.0 Å². The predicted molar refractivity (Wildman–Crippen MR) is 144 cm³/mol. The fraction of sp³-hybridized carbons (Fsp3) is 0.333. The van der Waals surface area contributed by atoms with Gasteiger partial charge in [0, 0.05) is 48.4 Å². The molecule has 190 valence electrons. The Labute approximate surface area is 212 Å². The topological polar surface area (TPSA) is 111 Å². The number of H-pyrrole nitrogens is 1. The zero-order valence-corrected chi connectivity index (χ0v) is 21.8. The number of pyridine rings is 1. The summed E-state index contributed by atoms with van der Waals surface area (Å²) in [7, 11) is 1.78. The Balaban J connectivity index is 1.72. The molecule has 0 aliphatic carbocycles. The Kier molecular flexibility index (Phi) is 4.97. The van der Waals surface area contributed by atoms with Crippen molar-refractivity contribution < 1.29 is 5.11 Å². The van der Waals surface area contributed by atoms with Crippen LogP contribution in [0.2, 0.25) is 0 Å². The van der Waals surface area contributed by atoms with Gasteiger partial charge >= 0.3 is 5.69 Å². The number of rotatable bonds is 5. The minimum absolute atomic E-state index is 0.0394. The minimum Gasteiger partial charge on any atom is -0.389 e. The highest BCUT2D eigenvalue weighted by molar-refractivity contribution is 6.14. The van der Waals surface area contributed by atoms with E-state index in [0.717, 1.165) is 50.0 Å². The molecule has 0 amide bonds. The quantitative estimate of drug-likeness (QED) is 0.372. The van der Waals surface area contributed by atoms with E-state index in [-0.39, 0.29) is 11.7 Å². The van der Waals surface area contributed by atoms with E-state index in [4.69, 9.17) is 4.98 Å². The first-order valence-corrected chi connectivity index (χ1v) is 12.3. The molecule has 0 aromatic carbocycles. The first kappa shape index (κ1) is 23.2. The van der Waals surface area contributed by atoms with Crippen molar-refractivity contribution in [3.8, 4) is 22.4 Å². The molecule has 37 heavy (non-hydrogen) atoms. The van der Waals surface area contributed by atoms with E-state index in [1.165, 1.54) is 0 Å². The first-order valence-electron chi connectivity index (χ1n) is 12.3. The predicted octanol–water partition coefficient (Wildman–Crippen LogP) is 4.05. The van der Waals surface area contributed by atoms with E-state index in [2.05, 4.69) is 31.7 Å². The molecule has 0 saturated heterocycles. The van der Waals surface area contributed by atoms with E-state index < -0.39 is 5.60 Å². The summed E-state index contributed by atoms with van der Waals surface area (Å²) in [6, 6.07) is 2.06. The third-order valence-corrected chi connectivity index (χ3v) is 6.75. The van der Waals surface area contributed by atoms with Crippen LogP contribution in [0.4, 0.5) is 0 Å². The molecule has 0 fully saturated rings. The number of aromatic amines is 1. The number of hydrogen-bond donors (Lipinski definition) is 2. The molecule has 0 aliphatic heterocycles. The lowest BCUT2D eigenvalue weighted by Crippen LogP contribution is -2.26. The van der Waals surface area contributed by atoms with Crippen molar-refractivity contribution in [1.82, 2.24) is 38.3 Å². The molecule has 0 spiro atoms. The number of aryl methyl sites for hydroxylation is 2. The number of nitrogens with one attached hydrogen (secondary N) is 1. The fourth-order valence-electron chi connectivity index (χ4n) is 5.19. The molecule has 0 atom stereocenters.